The summed E-state index contributed by atoms with van der Waals surface area (Å²) < 4.78 is 0. The molecular weight excluding hydrogens is 240 g/mol. The van der Waals surface area contributed by atoms with Crippen molar-refractivity contribution in [2.24, 2.45) is 5.73 Å². The minimum atomic E-state index is -0.319. The summed E-state index contributed by atoms with van der Waals surface area (Å²) in [6.45, 7) is 4.47. The second-order valence-corrected chi connectivity index (χ2v) is 3.78. The van der Waals surface area contributed by atoms with Crippen LogP contribution in [0.1, 0.15) is 37.0 Å². The number of halogens is 1. The van der Waals surface area contributed by atoms with Crippen molar-refractivity contribution in [2.45, 2.75) is 32.2 Å². The first-order valence-corrected chi connectivity index (χ1v) is 5.46. The van der Waals surface area contributed by atoms with E-state index in [4.69, 9.17) is 5.73 Å². The number of nitrogens with zero attached hydrogens (tertiary/aromatic N) is 2. The summed E-state index contributed by atoms with van der Waals surface area (Å²) >= 11 is 0. The van der Waals surface area contributed by atoms with Crippen LogP contribution in [0.3, 0.4) is 0 Å². The summed E-state index contributed by atoms with van der Waals surface area (Å²) in [7, 11) is 0. The zero-order chi connectivity index (χ0) is 12.0. The molecule has 0 saturated heterocycles. The predicted molar refractivity (Wildman–Crippen MR) is 69.1 cm³/mol. The molecule has 0 bridgehead atoms. The van der Waals surface area contributed by atoms with Gasteiger partial charge < -0.3 is 11.1 Å². The van der Waals surface area contributed by atoms with Crippen LogP contribution in [-0.4, -0.2) is 28.2 Å². The van der Waals surface area contributed by atoms with Crippen LogP contribution >= 0.6 is 12.4 Å². The number of amides is 1. The van der Waals surface area contributed by atoms with Gasteiger partial charge in [0.05, 0.1) is 23.5 Å². The molecule has 0 aliphatic rings. The maximum Gasteiger partial charge on any atom is 0.253 e. The van der Waals surface area contributed by atoms with Gasteiger partial charge in [-0.1, -0.05) is 13.8 Å². The van der Waals surface area contributed by atoms with E-state index in [-0.39, 0.29) is 23.9 Å². The van der Waals surface area contributed by atoms with E-state index in [1.54, 1.807) is 6.07 Å². The summed E-state index contributed by atoms with van der Waals surface area (Å²) in [6.07, 6.45) is 4.56. The first kappa shape index (κ1) is 15.8. The van der Waals surface area contributed by atoms with Gasteiger partial charge in [-0.15, -0.1) is 12.4 Å². The molecule has 1 aromatic rings. The van der Waals surface area contributed by atoms with Crippen molar-refractivity contribution in [1.82, 2.24) is 15.5 Å². The third-order valence-corrected chi connectivity index (χ3v) is 2.97. The molecule has 0 atom stereocenters. The van der Waals surface area contributed by atoms with Crippen LogP contribution in [-0.2, 0) is 0 Å². The molecule has 0 saturated carbocycles. The fraction of sp³-hybridized carbons (Fsp3) is 0.545. The van der Waals surface area contributed by atoms with Crippen molar-refractivity contribution in [3.8, 4) is 0 Å². The highest BCUT2D eigenvalue weighted by Crippen LogP contribution is 2.14. The largest absolute Gasteiger partial charge is 0.345 e. The van der Waals surface area contributed by atoms with Crippen LogP contribution in [0.5, 0.6) is 0 Å². The van der Waals surface area contributed by atoms with Crippen LogP contribution in [0.2, 0.25) is 0 Å². The van der Waals surface area contributed by atoms with Crippen molar-refractivity contribution < 1.29 is 4.79 Å². The lowest BCUT2D eigenvalue weighted by Gasteiger charge is -2.31. The molecule has 1 rings (SSSR count). The van der Waals surface area contributed by atoms with Gasteiger partial charge in [-0.05, 0) is 18.9 Å². The molecule has 0 radical (unpaired) electrons. The molecule has 0 aromatic carbocycles. The maximum absolute atomic E-state index is 11.9. The van der Waals surface area contributed by atoms with Gasteiger partial charge in [0, 0.05) is 6.54 Å². The van der Waals surface area contributed by atoms with Gasteiger partial charge in [-0.2, -0.15) is 10.2 Å². The SMILES string of the molecule is CCC(CC)(CN)NC(=O)c1ccnnc1.Cl. The molecule has 96 valence electrons. The third kappa shape index (κ3) is 3.94. The highest BCUT2D eigenvalue weighted by Gasteiger charge is 2.26. The molecule has 1 amide bonds. The Morgan fingerprint density at radius 2 is 2.06 bits per heavy atom. The molecule has 0 spiro atoms. The van der Waals surface area contributed by atoms with Gasteiger partial charge in [0.25, 0.3) is 5.91 Å². The Hall–Kier alpha value is -1.20. The minimum Gasteiger partial charge on any atom is -0.345 e. The van der Waals surface area contributed by atoms with Crippen molar-refractivity contribution in [3.63, 3.8) is 0 Å². The van der Waals surface area contributed by atoms with E-state index >= 15 is 0 Å². The molecule has 0 fully saturated rings. The predicted octanol–water partition coefficient (Wildman–Crippen LogP) is 1.15. The maximum atomic E-state index is 11.9. The number of carbonyl (C=O) groups is 1. The first-order chi connectivity index (χ1) is 7.67. The monoisotopic (exact) mass is 258 g/mol. The third-order valence-electron chi connectivity index (χ3n) is 2.97. The standard InChI is InChI=1S/C11H18N4O.ClH/c1-3-11(4-2,8-12)15-10(16)9-5-6-13-14-7-9;/h5-7H,3-4,8,12H2,1-2H3,(H,15,16);1H. The van der Waals surface area contributed by atoms with Gasteiger partial charge in [0.2, 0.25) is 0 Å². The topological polar surface area (TPSA) is 80.9 Å². The second kappa shape index (κ2) is 7.19. The first-order valence-electron chi connectivity index (χ1n) is 5.46. The number of hydrogen-bond donors (Lipinski definition) is 2. The van der Waals surface area contributed by atoms with Gasteiger partial charge in [0.1, 0.15) is 0 Å². The average molecular weight is 259 g/mol. The smallest absolute Gasteiger partial charge is 0.253 e. The van der Waals surface area contributed by atoms with Gasteiger partial charge in [0.15, 0.2) is 0 Å². The molecule has 5 nitrogen and oxygen atoms in total. The summed E-state index contributed by atoms with van der Waals surface area (Å²) in [5.74, 6) is -0.149. The Morgan fingerprint density at radius 1 is 1.41 bits per heavy atom. The quantitative estimate of drug-likeness (QED) is 0.830. The number of aromatic nitrogens is 2. The molecule has 1 aromatic heterocycles. The highest BCUT2D eigenvalue weighted by molar-refractivity contribution is 5.94. The molecule has 0 aliphatic heterocycles. The van der Waals surface area contributed by atoms with Crippen LogP contribution in [0.4, 0.5) is 0 Å². The van der Waals surface area contributed by atoms with Crippen LogP contribution in [0, 0.1) is 0 Å². The van der Waals surface area contributed by atoms with E-state index in [1.807, 2.05) is 13.8 Å². The Balaban J connectivity index is 0.00000256. The van der Waals surface area contributed by atoms with E-state index < -0.39 is 0 Å². The summed E-state index contributed by atoms with van der Waals surface area (Å²) in [4.78, 5) is 11.9. The number of nitrogens with one attached hydrogen (secondary N) is 1. The van der Waals surface area contributed by atoms with Crippen molar-refractivity contribution >= 4 is 18.3 Å². The lowest BCUT2D eigenvalue weighted by Crippen LogP contribution is -2.52. The Bertz CT molecular complexity index is 332. The molecule has 1 heterocycles. The minimum absolute atomic E-state index is 0. The number of carbonyl (C=O) groups excluding carboxylic acids is 1. The van der Waals surface area contributed by atoms with Crippen molar-refractivity contribution in [1.29, 1.82) is 0 Å². The van der Waals surface area contributed by atoms with Crippen LogP contribution in [0.25, 0.3) is 0 Å². The summed E-state index contributed by atoms with van der Waals surface area (Å²) in [5, 5.41) is 10.3. The van der Waals surface area contributed by atoms with E-state index in [1.165, 1.54) is 12.4 Å². The Kier molecular flexibility index (Phi) is 6.68. The molecule has 17 heavy (non-hydrogen) atoms. The zero-order valence-electron chi connectivity index (χ0n) is 10.1. The number of rotatable bonds is 5. The summed E-state index contributed by atoms with van der Waals surface area (Å²) in [6, 6.07) is 1.63. The average Bonchev–Trinajstić information content (AvgIpc) is 2.37. The van der Waals surface area contributed by atoms with E-state index in [9.17, 15) is 4.79 Å². The Morgan fingerprint density at radius 3 is 2.47 bits per heavy atom. The lowest BCUT2D eigenvalue weighted by molar-refractivity contribution is 0.0894. The number of nitrogens with two attached hydrogens (primary N) is 1. The Labute approximate surface area is 108 Å². The molecule has 6 heteroatoms. The molecule has 0 unspecified atom stereocenters. The molecule has 3 N–H and O–H groups in total. The fourth-order valence-electron chi connectivity index (χ4n) is 1.50. The van der Waals surface area contributed by atoms with Gasteiger partial charge in [-0.3, -0.25) is 4.79 Å². The fourth-order valence-corrected chi connectivity index (χ4v) is 1.50. The van der Waals surface area contributed by atoms with Crippen molar-refractivity contribution in [3.05, 3.63) is 24.0 Å². The van der Waals surface area contributed by atoms with Crippen molar-refractivity contribution in [2.75, 3.05) is 6.54 Å². The molecular formula is C11H19ClN4O. The van der Waals surface area contributed by atoms with E-state index in [2.05, 4.69) is 15.5 Å². The van der Waals surface area contributed by atoms with Gasteiger partial charge in [-0.25, -0.2) is 0 Å². The normalized spacial score (nSPS) is 10.5. The van der Waals surface area contributed by atoms with Gasteiger partial charge >= 0.3 is 0 Å². The summed E-state index contributed by atoms with van der Waals surface area (Å²) in [5.41, 5.74) is 5.90. The van der Waals surface area contributed by atoms with Crippen LogP contribution in [0.15, 0.2) is 18.5 Å². The number of hydrogen-bond acceptors (Lipinski definition) is 4. The van der Waals surface area contributed by atoms with E-state index in [0.717, 1.165) is 12.8 Å². The second-order valence-electron chi connectivity index (χ2n) is 3.78. The highest BCUT2D eigenvalue weighted by atomic mass is 35.5. The zero-order valence-corrected chi connectivity index (χ0v) is 11.0. The molecule has 0 aliphatic carbocycles. The van der Waals surface area contributed by atoms with Crippen LogP contribution < -0.4 is 11.1 Å². The lowest BCUT2D eigenvalue weighted by atomic mass is 9.92. The van der Waals surface area contributed by atoms with E-state index in [0.29, 0.717) is 12.1 Å².